The molecule has 0 fully saturated rings. The molecule has 160 valence electrons. The summed E-state index contributed by atoms with van der Waals surface area (Å²) >= 11 is 0. The number of aromatic amines is 1. The lowest BCUT2D eigenvalue weighted by Crippen LogP contribution is -2.29. The van der Waals surface area contributed by atoms with Crippen LogP contribution in [0.3, 0.4) is 0 Å². The molecule has 0 amide bonds. The first kappa shape index (κ1) is 21.2. The van der Waals surface area contributed by atoms with E-state index in [2.05, 4.69) is 15.3 Å². The quantitative estimate of drug-likeness (QED) is 0.590. The van der Waals surface area contributed by atoms with E-state index in [1.54, 1.807) is 33.1 Å². The van der Waals surface area contributed by atoms with Crippen molar-refractivity contribution in [3.05, 3.63) is 51.1 Å². The Balaban J connectivity index is 2.20. The molecule has 9 heteroatoms. The van der Waals surface area contributed by atoms with Gasteiger partial charge in [-0.3, -0.25) is 4.98 Å². The summed E-state index contributed by atoms with van der Waals surface area (Å²) in [6.07, 6.45) is 0.858. The topological polar surface area (TPSA) is 129 Å². The summed E-state index contributed by atoms with van der Waals surface area (Å²) in [6, 6.07) is 5.42. The Bertz CT molecular complexity index is 1040. The lowest BCUT2D eigenvalue weighted by atomic mass is 9.81. The molecular weight excluding hydrogens is 388 g/mol. The molecule has 0 bridgehead atoms. The van der Waals surface area contributed by atoms with Crippen molar-refractivity contribution in [2.75, 3.05) is 31.4 Å². The van der Waals surface area contributed by atoms with Crippen molar-refractivity contribution in [1.29, 1.82) is 0 Å². The molecule has 1 aromatic heterocycles. The number of ether oxygens (including phenoxy) is 3. The van der Waals surface area contributed by atoms with Gasteiger partial charge in [-0.1, -0.05) is 13.0 Å². The number of nitrogens with two attached hydrogens (primary N) is 1. The van der Waals surface area contributed by atoms with Crippen LogP contribution in [0.25, 0.3) is 0 Å². The number of nitrogens with zero attached hydrogens (tertiary/aromatic N) is 1. The first-order valence-electron chi connectivity index (χ1n) is 9.76. The Morgan fingerprint density at radius 1 is 1.27 bits per heavy atom. The molecular formula is C21H26N4O5. The number of hydrogen-bond acceptors (Lipinski definition) is 8. The number of H-pyrrole nitrogens is 1. The maximum absolute atomic E-state index is 12.8. The van der Waals surface area contributed by atoms with Gasteiger partial charge in [-0.15, -0.1) is 0 Å². The predicted octanol–water partition coefficient (Wildman–Crippen LogP) is 2.54. The minimum atomic E-state index is -0.612. The molecule has 9 nitrogen and oxygen atoms in total. The fourth-order valence-corrected chi connectivity index (χ4v) is 3.50. The number of hydrogen-bond donors (Lipinski definition) is 3. The summed E-state index contributed by atoms with van der Waals surface area (Å²) in [6.45, 7) is 6.27. The van der Waals surface area contributed by atoms with Crippen molar-refractivity contribution in [3.8, 4) is 11.5 Å². The molecule has 30 heavy (non-hydrogen) atoms. The molecule has 3 rings (SSSR count). The maximum Gasteiger partial charge on any atom is 0.348 e. The number of rotatable bonds is 7. The lowest BCUT2D eigenvalue weighted by molar-refractivity contribution is -0.138. The van der Waals surface area contributed by atoms with Crippen molar-refractivity contribution < 1.29 is 19.0 Å². The Kier molecular flexibility index (Phi) is 6.29. The van der Waals surface area contributed by atoms with E-state index in [0.29, 0.717) is 40.8 Å². The highest BCUT2D eigenvalue weighted by molar-refractivity contribution is 5.95. The molecule has 0 saturated heterocycles. The summed E-state index contributed by atoms with van der Waals surface area (Å²) in [5, 5.41) is 3.01. The van der Waals surface area contributed by atoms with Gasteiger partial charge in [0, 0.05) is 11.3 Å². The van der Waals surface area contributed by atoms with Crippen LogP contribution in [0.2, 0.25) is 0 Å². The first-order chi connectivity index (χ1) is 14.4. The fraction of sp³-hybridized carbons (Fsp3) is 0.381. The molecule has 0 aliphatic carbocycles. The standard InChI is InChI=1S/C21H26N4O5/c1-5-9-30-13-8-7-12(10-14(13)28-4)16-15(20(26)29-6-2)11(3)23-19-17(16)18(22)24-21(27)25-19/h7-8,10,16H,5-6,9H2,1-4H3,(H4,22,23,24,25,27). The van der Waals surface area contributed by atoms with E-state index >= 15 is 0 Å². The molecule has 4 N–H and O–H groups in total. The van der Waals surface area contributed by atoms with Gasteiger partial charge in [-0.05, 0) is 38.0 Å². The van der Waals surface area contributed by atoms with Crippen LogP contribution < -0.4 is 26.2 Å². The second kappa shape index (κ2) is 8.89. The van der Waals surface area contributed by atoms with Crippen LogP contribution >= 0.6 is 0 Å². The molecule has 1 aliphatic heterocycles. The fourth-order valence-electron chi connectivity index (χ4n) is 3.50. The second-order valence-corrected chi connectivity index (χ2v) is 6.79. The summed E-state index contributed by atoms with van der Waals surface area (Å²) < 4.78 is 16.5. The Morgan fingerprint density at radius 2 is 2.03 bits per heavy atom. The van der Waals surface area contributed by atoms with Crippen molar-refractivity contribution in [2.24, 2.45) is 0 Å². The summed E-state index contributed by atoms with van der Waals surface area (Å²) in [5.41, 5.74) is 7.71. The highest BCUT2D eigenvalue weighted by Gasteiger charge is 2.36. The van der Waals surface area contributed by atoms with Crippen LogP contribution in [0.4, 0.5) is 11.6 Å². The first-order valence-corrected chi connectivity index (χ1v) is 9.76. The zero-order valence-electron chi connectivity index (χ0n) is 17.5. The SMILES string of the molecule is CCCOc1ccc(C2C(C(=O)OCC)=C(C)Nc3nc(=O)[nH]c(N)c32)cc1OC. The number of aromatic nitrogens is 2. The monoisotopic (exact) mass is 414 g/mol. The number of carbonyl (C=O) groups excluding carboxylic acids is 1. The van der Waals surface area contributed by atoms with Crippen LogP contribution in [-0.2, 0) is 9.53 Å². The van der Waals surface area contributed by atoms with Crippen LogP contribution in [-0.4, -0.2) is 36.3 Å². The van der Waals surface area contributed by atoms with E-state index in [4.69, 9.17) is 19.9 Å². The molecule has 2 heterocycles. The van der Waals surface area contributed by atoms with Gasteiger partial charge >= 0.3 is 11.7 Å². The van der Waals surface area contributed by atoms with Crippen LogP contribution in [0, 0.1) is 0 Å². The second-order valence-electron chi connectivity index (χ2n) is 6.79. The van der Waals surface area contributed by atoms with Gasteiger partial charge in [-0.2, -0.15) is 4.98 Å². The van der Waals surface area contributed by atoms with Gasteiger partial charge < -0.3 is 25.3 Å². The maximum atomic E-state index is 12.8. The average molecular weight is 414 g/mol. The zero-order chi connectivity index (χ0) is 21.8. The lowest BCUT2D eigenvalue weighted by Gasteiger charge is -2.30. The van der Waals surface area contributed by atoms with Gasteiger partial charge in [0.2, 0.25) is 0 Å². The van der Waals surface area contributed by atoms with E-state index in [0.717, 1.165) is 12.0 Å². The number of fused-ring (bicyclic) bond motifs is 1. The number of anilines is 2. The van der Waals surface area contributed by atoms with E-state index in [9.17, 15) is 9.59 Å². The summed E-state index contributed by atoms with van der Waals surface area (Å²) in [5.74, 6) is 0.466. The van der Waals surface area contributed by atoms with Gasteiger partial charge in [0.1, 0.15) is 11.6 Å². The minimum Gasteiger partial charge on any atom is -0.493 e. The third kappa shape index (κ3) is 3.96. The van der Waals surface area contributed by atoms with Crippen LogP contribution in [0.5, 0.6) is 11.5 Å². The normalized spacial score (nSPS) is 15.3. The smallest absolute Gasteiger partial charge is 0.348 e. The van der Waals surface area contributed by atoms with Gasteiger partial charge in [-0.25, -0.2) is 9.59 Å². The van der Waals surface area contributed by atoms with Gasteiger partial charge in [0.05, 0.1) is 31.8 Å². The van der Waals surface area contributed by atoms with Crippen molar-refractivity contribution in [2.45, 2.75) is 33.1 Å². The molecule has 1 unspecified atom stereocenters. The van der Waals surface area contributed by atoms with Crippen molar-refractivity contribution in [3.63, 3.8) is 0 Å². The number of nitrogen functional groups attached to an aromatic ring is 1. The molecule has 0 saturated carbocycles. The van der Waals surface area contributed by atoms with Gasteiger partial charge in [0.15, 0.2) is 11.5 Å². The van der Waals surface area contributed by atoms with Crippen molar-refractivity contribution in [1.82, 2.24) is 9.97 Å². The highest BCUT2D eigenvalue weighted by Crippen LogP contribution is 2.44. The largest absolute Gasteiger partial charge is 0.493 e. The zero-order valence-corrected chi connectivity index (χ0v) is 17.5. The molecule has 1 aliphatic rings. The van der Waals surface area contributed by atoms with Crippen molar-refractivity contribution >= 4 is 17.6 Å². The molecule has 1 aromatic carbocycles. The third-order valence-electron chi connectivity index (χ3n) is 4.77. The number of benzene rings is 1. The summed E-state index contributed by atoms with van der Waals surface area (Å²) in [7, 11) is 1.55. The van der Waals surface area contributed by atoms with E-state index in [1.807, 2.05) is 13.0 Å². The van der Waals surface area contributed by atoms with Gasteiger partial charge in [0.25, 0.3) is 0 Å². The Hall–Kier alpha value is -3.49. The highest BCUT2D eigenvalue weighted by atomic mass is 16.5. The molecule has 0 spiro atoms. The third-order valence-corrected chi connectivity index (χ3v) is 4.77. The number of methoxy groups -OCH3 is 1. The Morgan fingerprint density at radius 3 is 2.70 bits per heavy atom. The summed E-state index contributed by atoms with van der Waals surface area (Å²) in [4.78, 5) is 31.2. The minimum absolute atomic E-state index is 0.127. The number of esters is 1. The predicted molar refractivity (Wildman–Crippen MR) is 113 cm³/mol. The van der Waals surface area contributed by atoms with E-state index < -0.39 is 17.6 Å². The number of carbonyl (C=O) groups is 1. The molecule has 1 atom stereocenters. The number of allylic oxidation sites excluding steroid dienone is 1. The van der Waals surface area contributed by atoms with E-state index in [1.165, 1.54) is 0 Å². The molecule has 2 aromatic rings. The average Bonchev–Trinajstić information content (AvgIpc) is 2.70. The Labute approximate surface area is 174 Å². The van der Waals surface area contributed by atoms with Crippen LogP contribution in [0.15, 0.2) is 34.3 Å². The molecule has 0 radical (unpaired) electrons. The number of nitrogens with one attached hydrogen (secondary N) is 2. The van der Waals surface area contributed by atoms with Crippen LogP contribution in [0.1, 0.15) is 44.2 Å². The van der Waals surface area contributed by atoms with E-state index in [-0.39, 0.29) is 12.4 Å².